The highest BCUT2D eigenvalue weighted by atomic mass is 16.3. The van der Waals surface area contributed by atoms with Crippen LogP contribution in [-0.4, -0.2) is 9.97 Å². The Labute approximate surface area is 368 Å². The minimum absolute atomic E-state index is 0.177. The molecule has 0 saturated carbocycles. The summed E-state index contributed by atoms with van der Waals surface area (Å²) in [6, 6.07) is 33.6. The van der Waals surface area contributed by atoms with E-state index in [4.69, 9.17) is 28.1 Å². The molecule has 0 bridgehead atoms. The van der Waals surface area contributed by atoms with E-state index in [2.05, 4.69) is 6.07 Å². The van der Waals surface area contributed by atoms with Gasteiger partial charge in [-0.1, -0.05) is 158 Å². The largest absolute Gasteiger partial charge is 0.456 e. The highest BCUT2D eigenvalue weighted by Gasteiger charge is 2.19. The number of nitrogens with zero attached hydrogens (tertiary/aromatic N) is 3. The highest BCUT2D eigenvalue weighted by Crippen LogP contribution is 2.43. The van der Waals surface area contributed by atoms with Crippen LogP contribution in [0.15, 0.2) is 229 Å². The summed E-state index contributed by atoms with van der Waals surface area (Å²) in [4.78, 5) is 10.9. The van der Waals surface area contributed by atoms with Gasteiger partial charge in [0.05, 0.1) is 30.6 Å². The van der Waals surface area contributed by atoms with Crippen LogP contribution in [0.4, 0.5) is 17.1 Å². The molecule has 11 rings (SSSR count). The number of furan rings is 1. The fourth-order valence-electron chi connectivity index (χ4n) is 7.62. The lowest BCUT2D eigenvalue weighted by Gasteiger charge is -2.25. The minimum Gasteiger partial charge on any atom is -0.456 e. The number of rotatable bonds is 8. The van der Waals surface area contributed by atoms with Gasteiger partial charge in [-0.15, -0.1) is 0 Å². The third-order valence-corrected chi connectivity index (χ3v) is 10.4. The first-order valence-corrected chi connectivity index (χ1v) is 19.1. The maximum absolute atomic E-state index is 9.37. The standard InChI is InChI=1S/C56H37N3O/c1-5-16-39(17-6-1)51-37-52(40-18-7-2-8-19-40)58-56(57-51)49-35-34-47(45-24-13-14-25-46(45)49)48-26-15-27-53-55(48)50-33-30-41(36-54(50)60-53)38-28-31-44(32-29-38)59(42-20-9-3-10-21-42)43-22-11-4-12-23-43/h1-37H/i3D,4D,9D,10D,11D,12D,20D,21D,22D,23D,28D,29D,31D,32D. The third-order valence-electron chi connectivity index (χ3n) is 10.4. The second-order valence-electron chi connectivity index (χ2n) is 13.9. The molecule has 0 unspecified atom stereocenters. The summed E-state index contributed by atoms with van der Waals surface area (Å²) in [6.07, 6.45) is 0. The molecule has 0 fully saturated rings. The van der Waals surface area contributed by atoms with Crippen molar-refractivity contribution < 1.29 is 23.6 Å². The average Bonchev–Trinajstić information content (AvgIpc) is 3.82. The van der Waals surface area contributed by atoms with Gasteiger partial charge in [-0.05, 0) is 99.6 Å². The summed E-state index contributed by atoms with van der Waals surface area (Å²) in [5.74, 6) is 0.561. The van der Waals surface area contributed by atoms with Crippen LogP contribution >= 0.6 is 0 Å². The summed E-state index contributed by atoms with van der Waals surface area (Å²) in [5.41, 5.74) is 4.83. The zero-order chi connectivity index (χ0) is 52.0. The van der Waals surface area contributed by atoms with E-state index in [1.54, 1.807) is 18.2 Å². The normalized spacial score (nSPS) is 14.6. The van der Waals surface area contributed by atoms with Crippen molar-refractivity contribution in [1.29, 1.82) is 0 Å². The van der Waals surface area contributed by atoms with Gasteiger partial charge >= 0.3 is 0 Å². The van der Waals surface area contributed by atoms with E-state index in [1.165, 1.54) is 0 Å². The molecule has 0 N–H and O–H groups in total. The van der Waals surface area contributed by atoms with Crippen LogP contribution in [-0.2, 0) is 0 Å². The Morgan fingerprint density at radius 1 is 0.383 bits per heavy atom. The average molecular weight is 782 g/mol. The number of fused-ring (bicyclic) bond motifs is 4. The zero-order valence-electron chi connectivity index (χ0n) is 45.5. The van der Waals surface area contributed by atoms with Crippen molar-refractivity contribution in [2.75, 3.05) is 4.90 Å². The van der Waals surface area contributed by atoms with Gasteiger partial charge in [-0.3, -0.25) is 0 Å². The van der Waals surface area contributed by atoms with Crippen LogP contribution in [0.5, 0.6) is 0 Å². The Hall–Kier alpha value is -8.08. The predicted molar refractivity (Wildman–Crippen MR) is 249 cm³/mol. The molecule has 282 valence electrons. The lowest BCUT2D eigenvalue weighted by molar-refractivity contribution is 0.669. The van der Waals surface area contributed by atoms with E-state index < -0.39 is 102 Å². The molecule has 0 saturated heterocycles. The van der Waals surface area contributed by atoms with Crippen LogP contribution in [0.3, 0.4) is 0 Å². The molecule has 2 aromatic heterocycles. The van der Waals surface area contributed by atoms with Crippen molar-refractivity contribution in [3.63, 3.8) is 0 Å². The van der Waals surface area contributed by atoms with Crippen molar-refractivity contribution in [2.24, 2.45) is 0 Å². The topological polar surface area (TPSA) is 42.2 Å². The highest BCUT2D eigenvalue weighted by molar-refractivity contribution is 6.16. The molecule has 0 aliphatic rings. The molecule has 2 heterocycles. The van der Waals surface area contributed by atoms with Crippen LogP contribution < -0.4 is 4.90 Å². The number of benzene rings is 9. The molecule has 0 amide bonds. The number of para-hydroxylation sites is 2. The zero-order valence-corrected chi connectivity index (χ0v) is 31.5. The number of hydrogen-bond donors (Lipinski definition) is 0. The molecule has 9 aromatic carbocycles. The van der Waals surface area contributed by atoms with Crippen molar-refractivity contribution in [1.82, 2.24) is 9.97 Å². The molecule has 60 heavy (non-hydrogen) atoms. The van der Waals surface area contributed by atoms with Gasteiger partial charge in [-0.2, -0.15) is 0 Å². The Kier molecular flexibility index (Phi) is 5.85. The minimum atomic E-state index is -0.873. The van der Waals surface area contributed by atoms with Gasteiger partial charge in [-0.25, -0.2) is 9.97 Å². The van der Waals surface area contributed by atoms with E-state index in [9.17, 15) is 5.48 Å². The third kappa shape index (κ3) is 6.37. The van der Waals surface area contributed by atoms with Crippen LogP contribution in [0.25, 0.3) is 88.9 Å². The fraction of sp³-hybridized carbons (Fsp3) is 0. The second-order valence-corrected chi connectivity index (χ2v) is 13.9. The van der Waals surface area contributed by atoms with Gasteiger partial charge in [0, 0.05) is 44.5 Å². The number of anilines is 3. The monoisotopic (exact) mass is 781 g/mol. The van der Waals surface area contributed by atoms with E-state index in [1.807, 2.05) is 115 Å². The Morgan fingerprint density at radius 3 is 1.58 bits per heavy atom. The maximum Gasteiger partial charge on any atom is 0.161 e. The Morgan fingerprint density at radius 2 is 0.950 bits per heavy atom. The first kappa shape index (κ1) is 23.4. The summed E-state index contributed by atoms with van der Waals surface area (Å²) < 4.78 is 129. The van der Waals surface area contributed by atoms with Crippen molar-refractivity contribution >= 4 is 49.8 Å². The fourth-order valence-corrected chi connectivity index (χ4v) is 7.62. The van der Waals surface area contributed by atoms with Crippen molar-refractivity contribution in [2.45, 2.75) is 0 Å². The molecule has 4 heteroatoms. The van der Waals surface area contributed by atoms with Crippen LogP contribution in [0.1, 0.15) is 19.2 Å². The molecule has 0 aliphatic heterocycles. The summed E-state index contributed by atoms with van der Waals surface area (Å²) in [6.45, 7) is 0. The van der Waals surface area contributed by atoms with Gasteiger partial charge in [0.25, 0.3) is 0 Å². The molecule has 0 spiro atoms. The molecule has 0 aliphatic carbocycles. The van der Waals surface area contributed by atoms with Gasteiger partial charge < -0.3 is 9.32 Å². The van der Waals surface area contributed by atoms with Crippen molar-refractivity contribution in [3.05, 3.63) is 224 Å². The van der Waals surface area contributed by atoms with Gasteiger partial charge in [0.15, 0.2) is 5.82 Å². The first-order chi connectivity index (χ1) is 35.6. The summed E-state index contributed by atoms with van der Waals surface area (Å²) >= 11 is 0. The van der Waals surface area contributed by atoms with Crippen molar-refractivity contribution in [3.8, 4) is 56.2 Å². The molecule has 0 atom stereocenters. The summed E-state index contributed by atoms with van der Waals surface area (Å²) in [5, 5.41) is 3.33. The lowest BCUT2D eigenvalue weighted by Crippen LogP contribution is -2.09. The number of aromatic nitrogens is 2. The van der Waals surface area contributed by atoms with E-state index in [0.717, 1.165) is 55.4 Å². The van der Waals surface area contributed by atoms with E-state index in [-0.39, 0.29) is 11.1 Å². The first-order valence-electron chi connectivity index (χ1n) is 26.1. The maximum atomic E-state index is 9.37. The predicted octanol–water partition coefficient (Wildman–Crippen LogP) is 15.3. The Bertz CT molecular complexity index is 3940. The smallest absolute Gasteiger partial charge is 0.161 e. The second kappa shape index (κ2) is 15.0. The quantitative estimate of drug-likeness (QED) is 0.154. The van der Waals surface area contributed by atoms with E-state index >= 15 is 0 Å². The Balaban J connectivity index is 1.06. The SMILES string of the molecule is [2H]c1c([2H])c([2H])c(N(c2c([2H])c([2H])c([2H])c([2H])c2[2H])c2c([2H])c([2H])c(-c3ccc4c(c3)oc3cccc(-c5ccc(-c6nc(-c7ccccc7)cc(-c7ccccc7)n6)c6ccccc56)c34)c([2H])c2[2H])c([2H])c1[2H]. The molecular weight excluding hydrogens is 731 g/mol. The number of hydrogen-bond acceptors (Lipinski definition) is 4. The van der Waals surface area contributed by atoms with Crippen LogP contribution in [0.2, 0.25) is 0 Å². The summed E-state index contributed by atoms with van der Waals surface area (Å²) in [7, 11) is 0. The lowest BCUT2D eigenvalue weighted by atomic mass is 9.92. The molecule has 4 nitrogen and oxygen atoms in total. The molecule has 0 radical (unpaired) electrons. The van der Waals surface area contributed by atoms with Crippen LogP contribution in [0, 0.1) is 0 Å². The van der Waals surface area contributed by atoms with Gasteiger partial charge in [0.2, 0.25) is 0 Å². The van der Waals surface area contributed by atoms with Gasteiger partial charge in [0.1, 0.15) is 11.2 Å². The van der Waals surface area contributed by atoms with E-state index in [0.29, 0.717) is 27.3 Å². The molecule has 11 aromatic rings. The molecular formula is C56H37N3O.